The van der Waals surface area contributed by atoms with E-state index >= 15 is 0 Å². The molecule has 0 aliphatic heterocycles. The van der Waals surface area contributed by atoms with Crippen LogP contribution in [0.4, 0.5) is 11.4 Å². The Hall–Kier alpha value is -2.20. The van der Waals surface area contributed by atoms with Crippen molar-refractivity contribution in [3.05, 3.63) is 53.1 Å². The second-order valence-corrected chi connectivity index (χ2v) is 4.14. The fourth-order valence-corrected chi connectivity index (χ4v) is 1.70. The monoisotopic (exact) mass is 262 g/mol. The average molecular weight is 263 g/mol. The summed E-state index contributed by atoms with van der Waals surface area (Å²) >= 11 is 5.81. The SMILES string of the molecule is Nc1cccc(C(=O)Nc2cccc(Cl)c2)c1O. The summed E-state index contributed by atoms with van der Waals surface area (Å²) in [4.78, 5) is 11.9. The Morgan fingerprint density at radius 2 is 1.94 bits per heavy atom. The van der Waals surface area contributed by atoms with Crippen molar-refractivity contribution in [3.8, 4) is 5.75 Å². The number of rotatable bonds is 2. The highest BCUT2D eigenvalue weighted by Crippen LogP contribution is 2.25. The van der Waals surface area contributed by atoms with Crippen LogP contribution in [0.1, 0.15) is 10.4 Å². The lowest BCUT2D eigenvalue weighted by atomic mass is 10.1. The minimum atomic E-state index is -0.443. The molecule has 0 aliphatic rings. The molecule has 0 spiro atoms. The fraction of sp³-hybridized carbons (Fsp3) is 0. The molecule has 92 valence electrons. The first-order valence-electron chi connectivity index (χ1n) is 5.22. The third kappa shape index (κ3) is 2.55. The maximum absolute atomic E-state index is 11.9. The Bertz CT molecular complexity index is 599. The van der Waals surface area contributed by atoms with E-state index in [0.717, 1.165) is 0 Å². The van der Waals surface area contributed by atoms with Crippen molar-refractivity contribution in [2.45, 2.75) is 0 Å². The molecule has 0 saturated carbocycles. The summed E-state index contributed by atoms with van der Waals surface area (Å²) in [5, 5.41) is 12.8. The number of nitrogens with one attached hydrogen (secondary N) is 1. The van der Waals surface area contributed by atoms with Crippen molar-refractivity contribution in [3.63, 3.8) is 0 Å². The summed E-state index contributed by atoms with van der Waals surface area (Å²) in [6, 6.07) is 11.3. The molecular formula is C13H11ClN2O2. The van der Waals surface area contributed by atoms with Crippen molar-refractivity contribution < 1.29 is 9.90 Å². The molecule has 1 amide bonds. The van der Waals surface area contributed by atoms with Gasteiger partial charge >= 0.3 is 0 Å². The van der Waals surface area contributed by atoms with Crippen LogP contribution in [0.25, 0.3) is 0 Å². The lowest BCUT2D eigenvalue weighted by Crippen LogP contribution is -2.12. The molecular weight excluding hydrogens is 252 g/mol. The predicted molar refractivity (Wildman–Crippen MR) is 71.9 cm³/mol. The number of amides is 1. The topological polar surface area (TPSA) is 75.4 Å². The first kappa shape index (κ1) is 12.3. The van der Waals surface area contributed by atoms with Gasteiger partial charge in [-0.25, -0.2) is 0 Å². The van der Waals surface area contributed by atoms with Gasteiger partial charge in [-0.3, -0.25) is 4.79 Å². The molecule has 4 nitrogen and oxygen atoms in total. The zero-order valence-electron chi connectivity index (χ0n) is 9.35. The number of anilines is 2. The van der Waals surface area contributed by atoms with E-state index in [1.165, 1.54) is 12.1 Å². The molecule has 0 bridgehead atoms. The quantitative estimate of drug-likeness (QED) is 0.575. The number of nitrogen functional groups attached to an aromatic ring is 1. The molecule has 18 heavy (non-hydrogen) atoms. The molecule has 2 rings (SSSR count). The lowest BCUT2D eigenvalue weighted by Gasteiger charge is -2.08. The highest BCUT2D eigenvalue weighted by atomic mass is 35.5. The van der Waals surface area contributed by atoms with E-state index in [2.05, 4.69) is 5.32 Å². The van der Waals surface area contributed by atoms with Gasteiger partial charge in [0.1, 0.15) is 0 Å². The molecule has 0 aromatic heterocycles. The van der Waals surface area contributed by atoms with Gasteiger partial charge in [-0.15, -0.1) is 0 Å². The number of phenols is 1. The van der Waals surface area contributed by atoms with Crippen LogP contribution >= 0.6 is 11.6 Å². The number of benzene rings is 2. The lowest BCUT2D eigenvalue weighted by molar-refractivity contribution is 0.102. The number of aromatic hydroxyl groups is 1. The second-order valence-electron chi connectivity index (χ2n) is 3.71. The number of carbonyl (C=O) groups is 1. The summed E-state index contributed by atoms with van der Waals surface area (Å²) in [6.07, 6.45) is 0. The molecule has 0 unspecified atom stereocenters. The number of carbonyl (C=O) groups excluding carboxylic acids is 1. The minimum absolute atomic E-state index is 0.120. The number of hydrogen-bond donors (Lipinski definition) is 3. The van der Waals surface area contributed by atoms with Gasteiger partial charge in [0.15, 0.2) is 5.75 Å². The Labute approximate surface area is 109 Å². The molecule has 5 heteroatoms. The van der Waals surface area contributed by atoms with Crippen LogP contribution in [0.5, 0.6) is 5.75 Å². The molecule has 0 radical (unpaired) electrons. The van der Waals surface area contributed by atoms with E-state index in [-0.39, 0.29) is 17.0 Å². The first-order chi connectivity index (χ1) is 8.58. The number of phenolic OH excluding ortho intramolecular Hbond substituents is 1. The zero-order chi connectivity index (χ0) is 13.1. The van der Waals surface area contributed by atoms with Crippen molar-refractivity contribution in [1.82, 2.24) is 0 Å². The minimum Gasteiger partial charge on any atom is -0.505 e. The Kier molecular flexibility index (Phi) is 3.39. The van der Waals surface area contributed by atoms with Crippen molar-refractivity contribution in [2.24, 2.45) is 0 Å². The Morgan fingerprint density at radius 3 is 2.67 bits per heavy atom. The number of para-hydroxylation sites is 1. The van der Waals surface area contributed by atoms with Crippen LogP contribution in [0, 0.1) is 0 Å². The summed E-state index contributed by atoms with van der Waals surface area (Å²) in [5.74, 6) is -0.668. The number of hydrogen-bond acceptors (Lipinski definition) is 3. The van der Waals surface area contributed by atoms with Crippen LogP contribution < -0.4 is 11.1 Å². The van der Waals surface area contributed by atoms with E-state index in [0.29, 0.717) is 10.7 Å². The molecule has 0 aliphatic carbocycles. The van der Waals surface area contributed by atoms with Crippen LogP contribution in [-0.2, 0) is 0 Å². The van der Waals surface area contributed by atoms with E-state index in [4.69, 9.17) is 17.3 Å². The van der Waals surface area contributed by atoms with Gasteiger partial charge in [0, 0.05) is 10.7 Å². The second kappa shape index (κ2) is 4.98. The third-order valence-corrected chi connectivity index (χ3v) is 2.63. The number of halogens is 1. The van der Waals surface area contributed by atoms with Gasteiger partial charge < -0.3 is 16.2 Å². The smallest absolute Gasteiger partial charge is 0.259 e. The molecule has 0 fully saturated rings. The molecule has 4 N–H and O–H groups in total. The highest BCUT2D eigenvalue weighted by Gasteiger charge is 2.12. The maximum Gasteiger partial charge on any atom is 0.259 e. The van der Waals surface area contributed by atoms with Gasteiger partial charge in [0.2, 0.25) is 0 Å². The van der Waals surface area contributed by atoms with Crippen LogP contribution in [0.15, 0.2) is 42.5 Å². The van der Waals surface area contributed by atoms with Gasteiger partial charge in [0.05, 0.1) is 11.3 Å². The summed E-state index contributed by atoms with van der Waals surface area (Å²) in [6.45, 7) is 0. The normalized spacial score (nSPS) is 10.1. The van der Waals surface area contributed by atoms with E-state index in [1.807, 2.05) is 0 Å². The van der Waals surface area contributed by atoms with Crippen LogP contribution in [0.3, 0.4) is 0 Å². The van der Waals surface area contributed by atoms with Crippen LogP contribution in [0.2, 0.25) is 5.02 Å². The molecule has 0 saturated heterocycles. The Balaban J connectivity index is 2.25. The standard InChI is InChI=1S/C13H11ClN2O2/c14-8-3-1-4-9(7-8)16-13(18)10-5-2-6-11(15)12(10)17/h1-7,17H,15H2,(H,16,18). The summed E-state index contributed by atoms with van der Waals surface area (Å²) < 4.78 is 0. The van der Waals surface area contributed by atoms with Gasteiger partial charge in [-0.2, -0.15) is 0 Å². The maximum atomic E-state index is 11.9. The van der Waals surface area contributed by atoms with Crippen molar-refractivity contribution >= 4 is 28.9 Å². The Morgan fingerprint density at radius 1 is 1.22 bits per heavy atom. The largest absolute Gasteiger partial charge is 0.505 e. The van der Waals surface area contributed by atoms with Gasteiger partial charge in [-0.1, -0.05) is 23.7 Å². The molecule has 2 aromatic carbocycles. The van der Waals surface area contributed by atoms with Crippen molar-refractivity contribution in [1.29, 1.82) is 0 Å². The molecule has 2 aromatic rings. The predicted octanol–water partition coefficient (Wildman–Crippen LogP) is 2.88. The van der Waals surface area contributed by atoms with E-state index < -0.39 is 5.91 Å². The van der Waals surface area contributed by atoms with E-state index in [9.17, 15) is 9.90 Å². The molecule has 0 atom stereocenters. The van der Waals surface area contributed by atoms with Crippen molar-refractivity contribution in [2.75, 3.05) is 11.1 Å². The average Bonchev–Trinajstić information content (AvgIpc) is 2.32. The van der Waals surface area contributed by atoms with Crippen LogP contribution in [-0.4, -0.2) is 11.0 Å². The van der Waals surface area contributed by atoms with E-state index in [1.54, 1.807) is 30.3 Å². The highest BCUT2D eigenvalue weighted by molar-refractivity contribution is 6.31. The number of nitrogens with two attached hydrogens (primary N) is 1. The summed E-state index contributed by atoms with van der Waals surface area (Å²) in [7, 11) is 0. The molecule has 0 heterocycles. The van der Waals surface area contributed by atoms with Gasteiger partial charge in [0.25, 0.3) is 5.91 Å². The van der Waals surface area contributed by atoms with Gasteiger partial charge in [-0.05, 0) is 30.3 Å². The fourth-order valence-electron chi connectivity index (χ4n) is 1.51. The third-order valence-electron chi connectivity index (χ3n) is 2.39. The zero-order valence-corrected chi connectivity index (χ0v) is 10.1. The summed E-state index contributed by atoms with van der Waals surface area (Å²) in [5.41, 5.74) is 6.36. The first-order valence-corrected chi connectivity index (χ1v) is 5.60.